The van der Waals surface area contributed by atoms with E-state index in [1.807, 2.05) is 0 Å². The number of methoxy groups -OCH3 is 1. The van der Waals surface area contributed by atoms with Gasteiger partial charge in [-0.3, -0.25) is 0 Å². The minimum atomic E-state index is -3.88. The number of amides is 1. The molecule has 0 saturated carbocycles. The number of rotatable bonds is 4. The standard InChI is InChI=1S/C7H12N2O4S/c1-4-6-9(5-2)14(11,12)8-7(10)13-3/h1H,5-6H2,2-3H3,(H,8,10). The highest BCUT2D eigenvalue weighted by Gasteiger charge is 2.21. The Morgan fingerprint density at radius 2 is 2.21 bits per heavy atom. The number of carbonyl (C=O) groups is 1. The molecule has 0 rings (SSSR count). The van der Waals surface area contributed by atoms with Crippen LogP contribution in [-0.4, -0.2) is 39.0 Å². The van der Waals surface area contributed by atoms with Gasteiger partial charge in [0.2, 0.25) is 0 Å². The van der Waals surface area contributed by atoms with Gasteiger partial charge in [-0.1, -0.05) is 12.8 Å². The molecule has 0 aromatic rings. The quantitative estimate of drug-likeness (QED) is 0.651. The number of terminal acetylenes is 1. The maximum atomic E-state index is 11.3. The zero-order valence-corrected chi connectivity index (χ0v) is 8.80. The van der Waals surface area contributed by atoms with Crippen LogP contribution in [0.1, 0.15) is 6.92 Å². The van der Waals surface area contributed by atoms with E-state index in [0.717, 1.165) is 11.4 Å². The smallest absolute Gasteiger partial charge is 0.421 e. The molecule has 0 fully saturated rings. The van der Waals surface area contributed by atoms with Gasteiger partial charge in [-0.2, -0.15) is 12.7 Å². The van der Waals surface area contributed by atoms with Crippen LogP contribution in [0.15, 0.2) is 0 Å². The fourth-order valence-corrected chi connectivity index (χ4v) is 1.69. The molecule has 1 amide bonds. The summed E-state index contributed by atoms with van der Waals surface area (Å²) in [6.45, 7) is 1.69. The Morgan fingerprint density at radius 3 is 2.57 bits per heavy atom. The first-order valence-corrected chi connectivity index (χ1v) is 5.21. The SMILES string of the molecule is C#CCN(CC)S(=O)(=O)NC(=O)OC. The van der Waals surface area contributed by atoms with Crippen molar-refractivity contribution in [2.75, 3.05) is 20.2 Å². The lowest BCUT2D eigenvalue weighted by Crippen LogP contribution is -2.43. The summed E-state index contributed by atoms with van der Waals surface area (Å²) in [6, 6.07) is 0. The Morgan fingerprint density at radius 1 is 1.64 bits per heavy atom. The summed E-state index contributed by atoms with van der Waals surface area (Å²) in [4.78, 5) is 10.7. The highest BCUT2D eigenvalue weighted by Crippen LogP contribution is 1.96. The van der Waals surface area contributed by atoms with Crippen LogP contribution in [0.5, 0.6) is 0 Å². The molecule has 0 aliphatic rings. The first-order chi connectivity index (χ1) is 6.47. The van der Waals surface area contributed by atoms with Crippen molar-refractivity contribution >= 4 is 16.3 Å². The van der Waals surface area contributed by atoms with E-state index in [1.54, 1.807) is 11.6 Å². The highest BCUT2D eigenvalue weighted by molar-refractivity contribution is 7.87. The average Bonchev–Trinajstić information content (AvgIpc) is 2.12. The van der Waals surface area contributed by atoms with Crippen molar-refractivity contribution in [3.63, 3.8) is 0 Å². The van der Waals surface area contributed by atoms with Crippen molar-refractivity contribution in [3.05, 3.63) is 0 Å². The molecule has 0 aliphatic carbocycles. The summed E-state index contributed by atoms with van der Waals surface area (Å²) in [5.41, 5.74) is 0. The largest absolute Gasteiger partial charge is 0.452 e. The molecule has 0 heterocycles. The van der Waals surface area contributed by atoms with Crippen molar-refractivity contribution in [1.82, 2.24) is 9.03 Å². The van der Waals surface area contributed by atoms with Gasteiger partial charge in [0, 0.05) is 6.54 Å². The van der Waals surface area contributed by atoms with Gasteiger partial charge < -0.3 is 4.74 Å². The van der Waals surface area contributed by atoms with Crippen molar-refractivity contribution < 1.29 is 17.9 Å². The fourth-order valence-electron chi connectivity index (χ4n) is 0.680. The molecule has 0 atom stereocenters. The summed E-state index contributed by atoms with van der Waals surface area (Å²) in [7, 11) is -2.81. The van der Waals surface area contributed by atoms with Gasteiger partial charge in [-0.25, -0.2) is 9.52 Å². The number of nitrogens with one attached hydrogen (secondary N) is 1. The predicted octanol–water partition coefficient (Wildman–Crippen LogP) is -0.458. The topological polar surface area (TPSA) is 75.7 Å². The van der Waals surface area contributed by atoms with Crippen molar-refractivity contribution in [2.24, 2.45) is 0 Å². The van der Waals surface area contributed by atoms with Gasteiger partial charge >= 0.3 is 16.3 Å². The fraction of sp³-hybridized carbons (Fsp3) is 0.571. The molecule has 7 heteroatoms. The third-order valence-electron chi connectivity index (χ3n) is 1.36. The normalized spacial score (nSPS) is 10.7. The lowest BCUT2D eigenvalue weighted by Gasteiger charge is -2.17. The second-order valence-electron chi connectivity index (χ2n) is 2.23. The zero-order chi connectivity index (χ0) is 11.2. The first kappa shape index (κ1) is 12.7. The molecule has 1 N–H and O–H groups in total. The van der Waals surface area contributed by atoms with Crippen LogP contribution < -0.4 is 4.72 Å². The van der Waals surface area contributed by atoms with Crippen molar-refractivity contribution in [1.29, 1.82) is 0 Å². The molecule has 0 aromatic heterocycles. The lowest BCUT2D eigenvalue weighted by atomic mass is 10.6. The summed E-state index contributed by atoms with van der Waals surface area (Å²) < 4.78 is 29.4. The Balaban J connectivity index is 4.59. The number of carbonyl (C=O) groups excluding carboxylic acids is 1. The molecule has 0 bridgehead atoms. The van der Waals surface area contributed by atoms with Crippen LogP contribution in [-0.2, 0) is 14.9 Å². The van der Waals surface area contributed by atoms with Gasteiger partial charge in [0.15, 0.2) is 0 Å². The third-order valence-corrected chi connectivity index (χ3v) is 2.85. The van der Waals surface area contributed by atoms with Crippen LogP contribution in [0.2, 0.25) is 0 Å². The van der Waals surface area contributed by atoms with E-state index in [9.17, 15) is 13.2 Å². The van der Waals surface area contributed by atoms with Crippen LogP contribution >= 0.6 is 0 Å². The molecule has 0 aromatic carbocycles. The summed E-state index contributed by atoms with van der Waals surface area (Å²) >= 11 is 0. The molecular formula is C7H12N2O4S. The molecule has 0 radical (unpaired) electrons. The van der Waals surface area contributed by atoms with Crippen LogP contribution in [0.4, 0.5) is 4.79 Å². The average molecular weight is 220 g/mol. The maximum absolute atomic E-state index is 11.3. The van der Waals surface area contributed by atoms with Crippen molar-refractivity contribution in [2.45, 2.75) is 6.92 Å². The minimum Gasteiger partial charge on any atom is -0.452 e. The number of hydrogen-bond acceptors (Lipinski definition) is 4. The molecule has 0 aliphatic heterocycles. The molecule has 6 nitrogen and oxygen atoms in total. The Labute approximate surface area is 83.4 Å². The Kier molecular flexibility index (Phi) is 4.97. The molecule has 0 saturated heterocycles. The van der Waals surface area contributed by atoms with Crippen LogP contribution in [0.3, 0.4) is 0 Å². The van der Waals surface area contributed by atoms with Gasteiger partial charge in [0.1, 0.15) is 0 Å². The number of ether oxygens (including phenoxy) is 1. The number of nitrogens with zero attached hydrogens (tertiary/aromatic N) is 1. The predicted molar refractivity (Wildman–Crippen MR) is 50.5 cm³/mol. The van der Waals surface area contributed by atoms with Gasteiger partial charge in [0.05, 0.1) is 13.7 Å². The Bertz CT molecular complexity index is 330. The monoisotopic (exact) mass is 220 g/mol. The van der Waals surface area contributed by atoms with E-state index >= 15 is 0 Å². The van der Waals surface area contributed by atoms with Gasteiger partial charge in [-0.05, 0) is 0 Å². The van der Waals surface area contributed by atoms with E-state index in [0.29, 0.717) is 0 Å². The minimum absolute atomic E-state index is 0.0944. The first-order valence-electron chi connectivity index (χ1n) is 3.77. The molecule has 80 valence electrons. The van der Waals surface area contributed by atoms with E-state index in [4.69, 9.17) is 6.42 Å². The second-order valence-corrected chi connectivity index (χ2v) is 3.90. The summed E-state index contributed by atoms with van der Waals surface area (Å²) in [6.07, 6.45) is 3.92. The number of hydrogen-bond donors (Lipinski definition) is 1. The van der Waals surface area contributed by atoms with Gasteiger partial charge in [-0.15, -0.1) is 6.42 Å². The summed E-state index contributed by atoms with van der Waals surface area (Å²) in [5, 5.41) is 0. The van der Waals surface area contributed by atoms with E-state index in [2.05, 4.69) is 10.7 Å². The molecule has 0 unspecified atom stereocenters. The van der Waals surface area contributed by atoms with E-state index in [-0.39, 0.29) is 13.1 Å². The lowest BCUT2D eigenvalue weighted by molar-refractivity contribution is 0.177. The van der Waals surface area contributed by atoms with Gasteiger partial charge in [0.25, 0.3) is 0 Å². The second kappa shape index (κ2) is 5.47. The molecule has 14 heavy (non-hydrogen) atoms. The maximum Gasteiger partial charge on any atom is 0.421 e. The van der Waals surface area contributed by atoms with Crippen LogP contribution in [0, 0.1) is 12.3 Å². The summed E-state index contributed by atoms with van der Waals surface area (Å²) in [5.74, 6) is 2.17. The molecular weight excluding hydrogens is 208 g/mol. The highest BCUT2D eigenvalue weighted by atomic mass is 32.2. The molecule has 0 spiro atoms. The third kappa shape index (κ3) is 3.64. The van der Waals surface area contributed by atoms with Crippen molar-refractivity contribution in [3.8, 4) is 12.3 Å². The van der Waals surface area contributed by atoms with Crippen LogP contribution in [0.25, 0.3) is 0 Å². The Hall–Kier alpha value is -1.26. The van der Waals surface area contributed by atoms with E-state index in [1.165, 1.54) is 0 Å². The van der Waals surface area contributed by atoms with E-state index < -0.39 is 16.3 Å². The zero-order valence-electron chi connectivity index (χ0n) is 7.98.